The lowest BCUT2D eigenvalue weighted by Crippen LogP contribution is -2.43. The zero-order valence-corrected chi connectivity index (χ0v) is 13.2. The van der Waals surface area contributed by atoms with E-state index < -0.39 is 0 Å². The van der Waals surface area contributed by atoms with Crippen LogP contribution in [0.5, 0.6) is 0 Å². The van der Waals surface area contributed by atoms with Gasteiger partial charge in [0.1, 0.15) is 0 Å². The maximum absolute atomic E-state index is 13.1. The Labute approximate surface area is 127 Å². The standard InChI is InChI=1S/C19H25NO/c1-3-11-19(2)17(20-12-7-4-8-13-20)14-15-9-5-6-10-16(15)18(19)21/h5-6,9-10,14H,3-4,7-8,11-13H2,1-2H3. The molecule has 0 radical (unpaired) electrons. The van der Waals surface area contributed by atoms with Gasteiger partial charge in [0.15, 0.2) is 5.78 Å². The maximum atomic E-state index is 13.1. The number of rotatable bonds is 3. The van der Waals surface area contributed by atoms with Crippen LogP contribution in [-0.4, -0.2) is 23.8 Å². The number of fused-ring (bicyclic) bond motifs is 1. The van der Waals surface area contributed by atoms with Crippen LogP contribution in [0.1, 0.15) is 61.9 Å². The van der Waals surface area contributed by atoms with Crippen LogP contribution in [0.4, 0.5) is 0 Å². The summed E-state index contributed by atoms with van der Waals surface area (Å²) in [6.45, 7) is 6.52. The Balaban J connectivity index is 2.08. The molecule has 3 rings (SSSR count). The number of benzene rings is 1. The van der Waals surface area contributed by atoms with Crippen molar-refractivity contribution in [2.45, 2.75) is 46.0 Å². The fourth-order valence-corrected chi connectivity index (χ4v) is 3.87. The summed E-state index contributed by atoms with van der Waals surface area (Å²) >= 11 is 0. The van der Waals surface area contributed by atoms with Gasteiger partial charge in [-0.05, 0) is 44.2 Å². The highest BCUT2D eigenvalue weighted by Crippen LogP contribution is 2.43. The molecule has 1 atom stereocenters. The Morgan fingerprint density at radius 3 is 2.57 bits per heavy atom. The first-order valence-corrected chi connectivity index (χ1v) is 8.28. The third-order valence-corrected chi connectivity index (χ3v) is 5.01. The van der Waals surface area contributed by atoms with Crippen molar-refractivity contribution in [3.63, 3.8) is 0 Å². The molecule has 2 heteroatoms. The molecule has 1 unspecified atom stereocenters. The first-order chi connectivity index (χ1) is 10.2. The van der Waals surface area contributed by atoms with E-state index in [1.807, 2.05) is 18.2 Å². The second-order valence-electron chi connectivity index (χ2n) is 6.58. The summed E-state index contributed by atoms with van der Waals surface area (Å²) in [6, 6.07) is 8.06. The van der Waals surface area contributed by atoms with Gasteiger partial charge in [0, 0.05) is 24.4 Å². The average molecular weight is 283 g/mol. The number of ketones is 1. The van der Waals surface area contributed by atoms with Crippen molar-refractivity contribution in [2.75, 3.05) is 13.1 Å². The third kappa shape index (κ3) is 2.41. The number of hydrogen-bond acceptors (Lipinski definition) is 2. The van der Waals surface area contributed by atoms with Gasteiger partial charge in [-0.15, -0.1) is 0 Å². The van der Waals surface area contributed by atoms with Crippen LogP contribution >= 0.6 is 0 Å². The number of likely N-dealkylation sites (tertiary alicyclic amines) is 1. The van der Waals surface area contributed by atoms with E-state index >= 15 is 0 Å². The van der Waals surface area contributed by atoms with E-state index in [0.29, 0.717) is 5.78 Å². The van der Waals surface area contributed by atoms with Crippen molar-refractivity contribution >= 4 is 11.9 Å². The fraction of sp³-hybridized carbons (Fsp3) is 0.526. The van der Waals surface area contributed by atoms with Crippen LogP contribution in [0, 0.1) is 5.41 Å². The smallest absolute Gasteiger partial charge is 0.175 e. The van der Waals surface area contributed by atoms with E-state index in [1.54, 1.807) is 0 Å². The summed E-state index contributed by atoms with van der Waals surface area (Å²) < 4.78 is 0. The molecule has 0 bridgehead atoms. The van der Waals surface area contributed by atoms with Crippen LogP contribution < -0.4 is 0 Å². The van der Waals surface area contributed by atoms with E-state index in [-0.39, 0.29) is 5.41 Å². The average Bonchev–Trinajstić information content (AvgIpc) is 2.52. The molecule has 0 amide bonds. The summed E-state index contributed by atoms with van der Waals surface area (Å²) in [5.74, 6) is 0.308. The number of carbonyl (C=O) groups excluding carboxylic acids is 1. The van der Waals surface area contributed by atoms with E-state index in [2.05, 4.69) is 30.9 Å². The molecule has 1 aromatic rings. The van der Waals surface area contributed by atoms with Crippen molar-refractivity contribution in [3.05, 3.63) is 41.1 Å². The first-order valence-electron chi connectivity index (χ1n) is 8.28. The third-order valence-electron chi connectivity index (χ3n) is 5.01. The molecule has 0 N–H and O–H groups in total. The van der Waals surface area contributed by atoms with Crippen LogP contribution in [0.15, 0.2) is 30.0 Å². The number of allylic oxidation sites excluding steroid dienone is 1. The number of Topliss-reactive ketones (excluding diaryl/α,β-unsaturated/α-hetero) is 1. The Hall–Kier alpha value is -1.57. The fourth-order valence-electron chi connectivity index (χ4n) is 3.87. The van der Waals surface area contributed by atoms with Crippen molar-refractivity contribution in [1.82, 2.24) is 4.90 Å². The van der Waals surface area contributed by atoms with Gasteiger partial charge in [0.05, 0.1) is 5.41 Å². The quantitative estimate of drug-likeness (QED) is 0.813. The normalized spacial score (nSPS) is 25.5. The highest BCUT2D eigenvalue weighted by atomic mass is 16.1. The topological polar surface area (TPSA) is 20.3 Å². The summed E-state index contributed by atoms with van der Waals surface area (Å²) in [5, 5.41) is 0. The highest BCUT2D eigenvalue weighted by Gasteiger charge is 2.42. The summed E-state index contributed by atoms with van der Waals surface area (Å²) in [6.07, 6.45) is 8.05. The van der Waals surface area contributed by atoms with Crippen molar-refractivity contribution in [2.24, 2.45) is 5.41 Å². The Kier molecular flexibility index (Phi) is 3.88. The molecular weight excluding hydrogens is 258 g/mol. The lowest BCUT2D eigenvalue weighted by molar-refractivity contribution is 0.0790. The predicted octanol–water partition coefficient (Wildman–Crippen LogP) is 4.52. The van der Waals surface area contributed by atoms with Gasteiger partial charge in [0.2, 0.25) is 0 Å². The number of nitrogens with zero attached hydrogens (tertiary/aromatic N) is 1. The van der Waals surface area contributed by atoms with Crippen molar-refractivity contribution in [3.8, 4) is 0 Å². The second kappa shape index (κ2) is 5.67. The lowest BCUT2D eigenvalue weighted by atomic mass is 9.70. The number of hydrogen-bond donors (Lipinski definition) is 0. The van der Waals surface area contributed by atoms with Gasteiger partial charge in [-0.2, -0.15) is 0 Å². The molecule has 0 saturated carbocycles. The molecule has 1 saturated heterocycles. The zero-order valence-electron chi connectivity index (χ0n) is 13.2. The molecule has 1 aliphatic heterocycles. The van der Waals surface area contributed by atoms with E-state index in [4.69, 9.17) is 0 Å². The van der Waals surface area contributed by atoms with E-state index in [0.717, 1.165) is 37.1 Å². The molecule has 2 aliphatic rings. The van der Waals surface area contributed by atoms with Gasteiger partial charge < -0.3 is 4.90 Å². The monoisotopic (exact) mass is 283 g/mol. The largest absolute Gasteiger partial charge is 0.374 e. The Morgan fingerprint density at radius 1 is 1.14 bits per heavy atom. The Morgan fingerprint density at radius 2 is 1.86 bits per heavy atom. The van der Waals surface area contributed by atoms with Gasteiger partial charge in [-0.25, -0.2) is 0 Å². The Bertz CT molecular complexity index is 569. The minimum absolute atomic E-state index is 0.308. The van der Waals surface area contributed by atoms with Gasteiger partial charge in [-0.3, -0.25) is 4.79 Å². The minimum Gasteiger partial charge on any atom is -0.374 e. The highest BCUT2D eigenvalue weighted by molar-refractivity contribution is 6.07. The van der Waals surface area contributed by atoms with Crippen LogP contribution in [-0.2, 0) is 0 Å². The molecule has 1 fully saturated rings. The summed E-state index contributed by atoms with van der Waals surface area (Å²) in [4.78, 5) is 15.6. The summed E-state index contributed by atoms with van der Waals surface area (Å²) in [7, 11) is 0. The lowest BCUT2D eigenvalue weighted by Gasteiger charge is -2.43. The minimum atomic E-state index is -0.347. The van der Waals surface area contributed by atoms with Gasteiger partial charge in [-0.1, -0.05) is 37.6 Å². The molecule has 0 aromatic heterocycles. The van der Waals surface area contributed by atoms with Gasteiger partial charge in [0.25, 0.3) is 0 Å². The van der Waals surface area contributed by atoms with E-state index in [9.17, 15) is 4.79 Å². The number of carbonyl (C=O) groups is 1. The first kappa shape index (κ1) is 14.4. The van der Waals surface area contributed by atoms with Crippen LogP contribution in [0.2, 0.25) is 0 Å². The predicted molar refractivity (Wildman–Crippen MR) is 87.2 cm³/mol. The maximum Gasteiger partial charge on any atom is 0.175 e. The second-order valence-corrected chi connectivity index (χ2v) is 6.58. The molecule has 2 nitrogen and oxygen atoms in total. The molecule has 1 aliphatic carbocycles. The molecule has 0 spiro atoms. The molecule has 1 heterocycles. The number of piperidine rings is 1. The van der Waals surface area contributed by atoms with Crippen molar-refractivity contribution in [1.29, 1.82) is 0 Å². The molecule has 112 valence electrons. The molecule has 1 aromatic carbocycles. The van der Waals surface area contributed by atoms with Gasteiger partial charge >= 0.3 is 0 Å². The SMILES string of the molecule is CCCC1(C)C(=O)c2ccccc2C=C1N1CCCCC1. The zero-order chi connectivity index (χ0) is 14.9. The summed E-state index contributed by atoms with van der Waals surface area (Å²) in [5.41, 5.74) is 2.90. The molecular formula is C19H25NO. The van der Waals surface area contributed by atoms with E-state index in [1.165, 1.54) is 25.0 Å². The van der Waals surface area contributed by atoms with Crippen LogP contribution in [0.3, 0.4) is 0 Å². The molecule has 21 heavy (non-hydrogen) atoms. The van der Waals surface area contributed by atoms with Crippen LogP contribution in [0.25, 0.3) is 6.08 Å². The van der Waals surface area contributed by atoms with Crippen molar-refractivity contribution < 1.29 is 4.79 Å².